The molecule has 1 unspecified atom stereocenters. The molecule has 1 aromatic rings. The van der Waals surface area contributed by atoms with Crippen LogP contribution in [0, 0.1) is 0 Å². The van der Waals surface area contributed by atoms with Gasteiger partial charge in [-0.15, -0.1) is 0 Å². The van der Waals surface area contributed by atoms with Gasteiger partial charge in [0.05, 0.1) is 13.7 Å². The van der Waals surface area contributed by atoms with E-state index in [2.05, 4.69) is 25.2 Å². The van der Waals surface area contributed by atoms with Gasteiger partial charge in [0.2, 0.25) is 0 Å². The fourth-order valence-electron chi connectivity index (χ4n) is 2.21. The summed E-state index contributed by atoms with van der Waals surface area (Å²) in [6.07, 6.45) is 0.555. The molecule has 0 spiro atoms. The van der Waals surface area contributed by atoms with E-state index in [0.717, 1.165) is 5.75 Å². The van der Waals surface area contributed by atoms with E-state index in [1.54, 1.807) is 0 Å². The summed E-state index contributed by atoms with van der Waals surface area (Å²) in [5.41, 5.74) is 0.536. The van der Waals surface area contributed by atoms with E-state index in [0.29, 0.717) is 25.5 Å². The molecule has 1 aromatic carbocycles. The summed E-state index contributed by atoms with van der Waals surface area (Å²) in [5, 5.41) is 3.17. The molecule has 21 heavy (non-hydrogen) atoms. The van der Waals surface area contributed by atoms with E-state index in [4.69, 9.17) is 9.47 Å². The van der Waals surface area contributed by atoms with Gasteiger partial charge in [0.1, 0.15) is 11.3 Å². The molecule has 0 saturated heterocycles. The Morgan fingerprint density at radius 2 is 2.10 bits per heavy atom. The number of carbonyl (C=O) groups excluding carboxylic acids is 1. The monoisotopic (exact) mass is 293 g/mol. The summed E-state index contributed by atoms with van der Waals surface area (Å²) in [6, 6.07) is 8.07. The highest BCUT2D eigenvalue weighted by Crippen LogP contribution is 2.21. The van der Waals surface area contributed by atoms with Crippen LogP contribution in [0.1, 0.15) is 45.6 Å². The summed E-state index contributed by atoms with van der Waals surface area (Å²) >= 11 is 0. The average Bonchev–Trinajstić information content (AvgIpc) is 2.47. The summed E-state index contributed by atoms with van der Waals surface area (Å²) in [6.45, 7) is 9.27. The zero-order chi connectivity index (χ0) is 15.9. The van der Waals surface area contributed by atoms with Crippen LogP contribution < -0.4 is 10.1 Å². The van der Waals surface area contributed by atoms with E-state index >= 15 is 0 Å². The molecular weight excluding hydrogens is 266 g/mol. The molecule has 118 valence electrons. The number of benzene rings is 1. The van der Waals surface area contributed by atoms with Crippen molar-refractivity contribution in [2.75, 3.05) is 20.3 Å². The van der Waals surface area contributed by atoms with Crippen molar-refractivity contribution in [2.45, 2.75) is 45.6 Å². The van der Waals surface area contributed by atoms with Crippen LogP contribution in [0.25, 0.3) is 0 Å². The summed E-state index contributed by atoms with van der Waals surface area (Å²) in [4.78, 5) is 11.9. The zero-order valence-corrected chi connectivity index (χ0v) is 13.7. The largest absolute Gasteiger partial charge is 0.493 e. The molecule has 0 fully saturated rings. The molecule has 0 aliphatic carbocycles. The lowest BCUT2D eigenvalue weighted by Crippen LogP contribution is -2.51. The molecule has 0 saturated carbocycles. The Labute approximate surface area is 127 Å². The van der Waals surface area contributed by atoms with Gasteiger partial charge in [-0.3, -0.25) is 4.79 Å². The average molecular weight is 293 g/mol. The maximum atomic E-state index is 11.9. The third-order valence-corrected chi connectivity index (χ3v) is 3.60. The van der Waals surface area contributed by atoms with Crippen molar-refractivity contribution in [3.63, 3.8) is 0 Å². The smallest absolute Gasteiger partial charge is 0.325 e. The number of methoxy groups -OCH3 is 1. The number of rotatable bonds is 8. The van der Waals surface area contributed by atoms with Gasteiger partial charge in [0.15, 0.2) is 0 Å². The Balaban J connectivity index is 2.62. The van der Waals surface area contributed by atoms with Gasteiger partial charge >= 0.3 is 5.97 Å². The van der Waals surface area contributed by atoms with Gasteiger partial charge in [-0.1, -0.05) is 32.9 Å². The zero-order valence-electron chi connectivity index (χ0n) is 13.7. The van der Waals surface area contributed by atoms with E-state index in [-0.39, 0.29) is 5.97 Å². The third-order valence-electron chi connectivity index (χ3n) is 3.60. The minimum Gasteiger partial charge on any atom is -0.493 e. The summed E-state index contributed by atoms with van der Waals surface area (Å²) < 4.78 is 10.7. The van der Waals surface area contributed by atoms with Gasteiger partial charge in [-0.05, 0) is 37.1 Å². The molecule has 4 nitrogen and oxygen atoms in total. The number of carbonyl (C=O) groups is 1. The van der Waals surface area contributed by atoms with Crippen molar-refractivity contribution in [3.8, 4) is 5.75 Å². The molecular formula is C17H27NO3. The van der Waals surface area contributed by atoms with Crippen LogP contribution in [0.3, 0.4) is 0 Å². The Hall–Kier alpha value is -1.55. The van der Waals surface area contributed by atoms with Gasteiger partial charge in [-0.25, -0.2) is 0 Å². The van der Waals surface area contributed by atoms with Crippen LogP contribution in [-0.2, 0) is 9.53 Å². The van der Waals surface area contributed by atoms with E-state index in [9.17, 15) is 4.79 Å². The first-order valence-electron chi connectivity index (χ1n) is 7.49. The summed E-state index contributed by atoms with van der Waals surface area (Å²) in [7, 11) is 1.41. The standard InChI is InChI=1S/C17H27NO3/c1-6-18-17(4,16(19)20-5)10-11-21-15-9-7-8-14(12-15)13(2)3/h7-9,12-13,18H,6,10-11H2,1-5H3. The lowest BCUT2D eigenvalue weighted by Gasteiger charge is -2.27. The molecule has 0 aromatic heterocycles. The van der Waals surface area contributed by atoms with Gasteiger partial charge < -0.3 is 14.8 Å². The molecule has 0 radical (unpaired) electrons. The van der Waals surface area contributed by atoms with Crippen LogP contribution >= 0.6 is 0 Å². The lowest BCUT2D eigenvalue weighted by molar-refractivity contribution is -0.148. The predicted octanol–water partition coefficient (Wildman–Crippen LogP) is 3.12. The molecule has 4 heteroatoms. The van der Waals surface area contributed by atoms with Gasteiger partial charge in [0, 0.05) is 6.42 Å². The number of nitrogens with one attached hydrogen (secondary N) is 1. The molecule has 1 rings (SSSR count). The number of esters is 1. The fraction of sp³-hybridized carbons (Fsp3) is 0.588. The molecule has 0 aliphatic rings. The Morgan fingerprint density at radius 1 is 1.38 bits per heavy atom. The number of hydrogen-bond acceptors (Lipinski definition) is 4. The Bertz CT molecular complexity index is 459. The van der Waals surface area contributed by atoms with Crippen molar-refractivity contribution in [2.24, 2.45) is 0 Å². The minimum absolute atomic E-state index is 0.260. The minimum atomic E-state index is -0.709. The van der Waals surface area contributed by atoms with Crippen molar-refractivity contribution in [3.05, 3.63) is 29.8 Å². The topological polar surface area (TPSA) is 47.6 Å². The van der Waals surface area contributed by atoms with Crippen LogP contribution in [0.2, 0.25) is 0 Å². The Morgan fingerprint density at radius 3 is 2.67 bits per heavy atom. The summed E-state index contributed by atoms with van der Waals surface area (Å²) in [5.74, 6) is 1.05. The van der Waals surface area contributed by atoms with E-state index < -0.39 is 5.54 Å². The van der Waals surface area contributed by atoms with Crippen LogP contribution in [0.5, 0.6) is 5.75 Å². The molecule has 0 bridgehead atoms. The predicted molar refractivity (Wildman–Crippen MR) is 84.7 cm³/mol. The highest BCUT2D eigenvalue weighted by Gasteiger charge is 2.33. The van der Waals surface area contributed by atoms with Crippen molar-refractivity contribution >= 4 is 5.97 Å². The highest BCUT2D eigenvalue weighted by molar-refractivity contribution is 5.80. The number of hydrogen-bond donors (Lipinski definition) is 1. The quantitative estimate of drug-likeness (QED) is 0.748. The second kappa shape index (κ2) is 8.03. The van der Waals surface area contributed by atoms with Crippen LogP contribution in [0.4, 0.5) is 0 Å². The third kappa shape index (κ3) is 5.05. The molecule has 0 amide bonds. The maximum Gasteiger partial charge on any atom is 0.325 e. The van der Waals surface area contributed by atoms with Crippen molar-refractivity contribution in [1.82, 2.24) is 5.32 Å². The first-order valence-corrected chi connectivity index (χ1v) is 7.49. The lowest BCUT2D eigenvalue weighted by atomic mass is 9.98. The van der Waals surface area contributed by atoms with E-state index in [1.807, 2.05) is 32.0 Å². The maximum absolute atomic E-state index is 11.9. The van der Waals surface area contributed by atoms with Crippen molar-refractivity contribution in [1.29, 1.82) is 0 Å². The van der Waals surface area contributed by atoms with Gasteiger partial charge in [0.25, 0.3) is 0 Å². The first kappa shape index (κ1) is 17.5. The second-order valence-electron chi connectivity index (χ2n) is 5.68. The number of ether oxygens (including phenoxy) is 2. The number of likely N-dealkylation sites (N-methyl/N-ethyl adjacent to an activating group) is 1. The Kier molecular flexibility index (Phi) is 6.69. The normalized spacial score (nSPS) is 13.8. The molecule has 0 heterocycles. The first-order chi connectivity index (χ1) is 9.92. The van der Waals surface area contributed by atoms with Crippen molar-refractivity contribution < 1.29 is 14.3 Å². The SMILES string of the molecule is CCNC(C)(CCOc1cccc(C(C)C)c1)C(=O)OC. The second-order valence-corrected chi connectivity index (χ2v) is 5.68. The highest BCUT2D eigenvalue weighted by atomic mass is 16.5. The molecule has 1 N–H and O–H groups in total. The molecule has 0 aliphatic heterocycles. The fourth-order valence-corrected chi connectivity index (χ4v) is 2.21. The van der Waals surface area contributed by atoms with E-state index in [1.165, 1.54) is 12.7 Å². The van der Waals surface area contributed by atoms with Gasteiger partial charge in [-0.2, -0.15) is 0 Å². The molecule has 1 atom stereocenters. The van der Waals surface area contributed by atoms with Crippen LogP contribution in [-0.4, -0.2) is 31.8 Å². The van der Waals surface area contributed by atoms with Crippen LogP contribution in [0.15, 0.2) is 24.3 Å².